The molecule has 0 spiro atoms. The second-order valence-corrected chi connectivity index (χ2v) is 3.32. The lowest BCUT2D eigenvalue weighted by atomic mass is 10.1. The Morgan fingerprint density at radius 2 is 2.36 bits per heavy atom. The molecule has 0 aliphatic rings. The van der Waals surface area contributed by atoms with Gasteiger partial charge in [0.1, 0.15) is 0 Å². The second-order valence-electron chi connectivity index (χ2n) is 3.05. The quantitative estimate of drug-likeness (QED) is 0.769. The van der Waals surface area contributed by atoms with Crippen LogP contribution in [-0.2, 0) is 5.88 Å². The van der Waals surface area contributed by atoms with E-state index in [0.717, 1.165) is 22.5 Å². The first-order valence-corrected chi connectivity index (χ1v) is 4.86. The molecule has 4 heteroatoms. The van der Waals surface area contributed by atoms with E-state index in [-0.39, 0.29) is 0 Å². The number of hydrogen-bond acceptors (Lipinski definition) is 2. The summed E-state index contributed by atoms with van der Waals surface area (Å²) in [4.78, 5) is 4.05. The Morgan fingerprint density at radius 3 is 3.00 bits per heavy atom. The van der Waals surface area contributed by atoms with Gasteiger partial charge in [-0.3, -0.25) is 10.1 Å². The van der Waals surface area contributed by atoms with Crippen molar-refractivity contribution in [2.45, 2.75) is 12.8 Å². The number of H-pyrrole nitrogens is 1. The third-order valence-electron chi connectivity index (χ3n) is 2.14. The van der Waals surface area contributed by atoms with Gasteiger partial charge in [0.25, 0.3) is 0 Å². The lowest BCUT2D eigenvalue weighted by Crippen LogP contribution is -1.85. The second kappa shape index (κ2) is 3.80. The molecule has 0 aromatic carbocycles. The highest BCUT2D eigenvalue weighted by Crippen LogP contribution is 2.23. The first-order valence-electron chi connectivity index (χ1n) is 4.33. The molecule has 2 rings (SSSR count). The van der Waals surface area contributed by atoms with E-state index in [1.807, 2.05) is 19.1 Å². The summed E-state index contributed by atoms with van der Waals surface area (Å²) >= 11 is 5.85. The highest BCUT2D eigenvalue weighted by Gasteiger charge is 2.10. The summed E-state index contributed by atoms with van der Waals surface area (Å²) in [7, 11) is 0. The van der Waals surface area contributed by atoms with Crippen LogP contribution in [0.25, 0.3) is 11.3 Å². The standard InChI is InChI=1S/C10H10ClN3/c1-7-9(5-11)10(14-13-7)8-3-2-4-12-6-8/h2-4,6H,5H2,1H3,(H,13,14). The van der Waals surface area contributed by atoms with E-state index in [1.54, 1.807) is 12.4 Å². The molecule has 0 fully saturated rings. The average molecular weight is 208 g/mol. The molecule has 0 aliphatic carbocycles. The molecule has 0 unspecified atom stereocenters. The van der Waals surface area contributed by atoms with Crippen LogP contribution in [0.3, 0.4) is 0 Å². The lowest BCUT2D eigenvalue weighted by molar-refractivity contribution is 1.05. The molecule has 2 heterocycles. The van der Waals surface area contributed by atoms with E-state index in [4.69, 9.17) is 11.6 Å². The summed E-state index contributed by atoms with van der Waals surface area (Å²) in [5.41, 5.74) is 3.94. The normalized spacial score (nSPS) is 10.4. The fourth-order valence-corrected chi connectivity index (χ4v) is 1.68. The molecule has 0 atom stereocenters. The van der Waals surface area contributed by atoms with Crippen LogP contribution in [0.5, 0.6) is 0 Å². The van der Waals surface area contributed by atoms with E-state index < -0.39 is 0 Å². The molecule has 3 nitrogen and oxygen atoms in total. The number of pyridine rings is 1. The minimum Gasteiger partial charge on any atom is -0.282 e. The van der Waals surface area contributed by atoms with Gasteiger partial charge in [0.05, 0.1) is 11.6 Å². The Kier molecular flexibility index (Phi) is 2.50. The van der Waals surface area contributed by atoms with E-state index in [9.17, 15) is 0 Å². The summed E-state index contributed by atoms with van der Waals surface area (Å²) < 4.78 is 0. The molecule has 2 aromatic rings. The number of alkyl halides is 1. The Morgan fingerprint density at radius 1 is 1.50 bits per heavy atom. The third kappa shape index (κ3) is 1.51. The third-order valence-corrected chi connectivity index (χ3v) is 2.41. The zero-order valence-electron chi connectivity index (χ0n) is 7.79. The van der Waals surface area contributed by atoms with Gasteiger partial charge < -0.3 is 0 Å². The van der Waals surface area contributed by atoms with Crippen LogP contribution in [0.1, 0.15) is 11.3 Å². The first kappa shape index (κ1) is 9.21. The monoisotopic (exact) mass is 207 g/mol. The van der Waals surface area contributed by atoms with E-state index in [2.05, 4.69) is 15.2 Å². The zero-order chi connectivity index (χ0) is 9.97. The molecular formula is C10H10ClN3. The molecule has 0 aliphatic heterocycles. The molecule has 0 bridgehead atoms. The van der Waals surface area contributed by atoms with Crippen molar-refractivity contribution >= 4 is 11.6 Å². The fraction of sp³-hybridized carbons (Fsp3) is 0.200. The number of hydrogen-bond donors (Lipinski definition) is 1. The van der Waals surface area contributed by atoms with Crippen LogP contribution < -0.4 is 0 Å². The predicted molar refractivity (Wildman–Crippen MR) is 56.1 cm³/mol. The van der Waals surface area contributed by atoms with Crippen LogP contribution in [0, 0.1) is 6.92 Å². The highest BCUT2D eigenvalue weighted by atomic mass is 35.5. The van der Waals surface area contributed by atoms with E-state index in [0.29, 0.717) is 5.88 Å². The number of nitrogens with one attached hydrogen (secondary N) is 1. The number of aromatic amines is 1. The Labute approximate surface area is 87.1 Å². The van der Waals surface area contributed by atoms with Gasteiger partial charge in [0.15, 0.2) is 0 Å². The number of aromatic nitrogens is 3. The molecule has 0 amide bonds. The van der Waals surface area contributed by atoms with Gasteiger partial charge in [-0.2, -0.15) is 5.10 Å². The van der Waals surface area contributed by atoms with Gasteiger partial charge in [0, 0.05) is 29.2 Å². The molecule has 2 aromatic heterocycles. The summed E-state index contributed by atoms with van der Waals surface area (Å²) in [6.07, 6.45) is 3.52. The molecular weight excluding hydrogens is 198 g/mol. The minimum absolute atomic E-state index is 0.465. The fourth-order valence-electron chi connectivity index (χ4n) is 1.36. The minimum atomic E-state index is 0.465. The van der Waals surface area contributed by atoms with Crippen LogP contribution in [0.15, 0.2) is 24.5 Å². The molecule has 0 saturated heterocycles. The molecule has 72 valence electrons. The zero-order valence-corrected chi connectivity index (χ0v) is 8.54. The van der Waals surface area contributed by atoms with Gasteiger partial charge in [-0.05, 0) is 19.1 Å². The van der Waals surface area contributed by atoms with Gasteiger partial charge >= 0.3 is 0 Å². The Bertz CT molecular complexity index is 422. The van der Waals surface area contributed by atoms with Gasteiger partial charge in [-0.25, -0.2) is 0 Å². The maximum Gasteiger partial charge on any atom is 0.0983 e. The summed E-state index contributed by atoms with van der Waals surface area (Å²) in [5, 5.41) is 7.13. The topological polar surface area (TPSA) is 41.6 Å². The van der Waals surface area contributed by atoms with E-state index >= 15 is 0 Å². The molecule has 1 N–H and O–H groups in total. The van der Waals surface area contributed by atoms with Crippen molar-refractivity contribution in [2.24, 2.45) is 0 Å². The van der Waals surface area contributed by atoms with Gasteiger partial charge in [-0.15, -0.1) is 11.6 Å². The van der Waals surface area contributed by atoms with Crippen molar-refractivity contribution in [1.82, 2.24) is 15.2 Å². The van der Waals surface area contributed by atoms with E-state index in [1.165, 1.54) is 0 Å². The van der Waals surface area contributed by atoms with Crippen molar-refractivity contribution in [3.8, 4) is 11.3 Å². The van der Waals surface area contributed by atoms with Crippen molar-refractivity contribution < 1.29 is 0 Å². The molecule has 14 heavy (non-hydrogen) atoms. The van der Waals surface area contributed by atoms with Crippen LogP contribution >= 0.6 is 11.6 Å². The van der Waals surface area contributed by atoms with Crippen molar-refractivity contribution in [2.75, 3.05) is 0 Å². The lowest BCUT2D eigenvalue weighted by Gasteiger charge is -1.98. The van der Waals surface area contributed by atoms with Crippen molar-refractivity contribution in [3.63, 3.8) is 0 Å². The molecule has 0 saturated carbocycles. The number of nitrogens with zero attached hydrogens (tertiary/aromatic N) is 2. The van der Waals surface area contributed by atoms with Gasteiger partial charge in [0.2, 0.25) is 0 Å². The van der Waals surface area contributed by atoms with Crippen molar-refractivity contribution in [3.05, 3.63) is 35.8 Å². The SMILES string of the molecule is Cc1[nH]nc(-c2cccnc2)c1CCl. The number of halogens is 1. The largest absolute Gasteiger partial charge is 0.282 e. The predicted octanol–water partition coefficient (Wildman–Crippen LogP) is 2.52. The average Bonchev–Trinajstić information content (AvgIpc) is 2.61. The summed E-state index contributed by atoms with van der Waals surface area (Å²) in [6.45, 7) is 1.96. The number of rotatable bonds is 2. The Hall–Kier alpha value is -1.35. The maximum absolute atomic E-state index is 5.85. The Balaban J connectivity index is 2.52. The van der Waals surface area contributed by atoms with Crippen LogP contribution in [0.2, 0.25) is 0 Å². The van der Waals surface area contributed by atoms with Crippen molar-refractivity contribution in [1.29, 1.82) is 0 Å². The molecule has 0 radical (unpaired) electrons. The van der Waals surface area contributed by atoms with Crippen LogP contribution in [-0.4, -0.2) is 15.2 Å². The van der Waals surface area contributed by atoms with Crippen LogP contribution in [0.4, 0.5) is 0 Å². The smallest absolute Gasteiger partial charge is 0.0983 e. The maximum atomic E-state index is 5.85. The first-order chi connectivity index (χ1) is 6.83. The number of aryl methyl sites for hydroxylation is 1. The van der Waals surface area contributed by atoms with Gasteiger partial charge in [-0.1, -0.05) is 0 Å². The summed E-state index contributed by atoms with van der Waals surface area (Å²) in [5.74, 6) is 0.465. The highest BCUT2D eigenvalue weighted by molar-refractivity contribution is 6.17. The summed E-state index contributed by atoms with van der Waals surface area (Å²) in [6, 6.07) is 3.86.